The lowest BCUT2D eigenvalue weighted by molar-refractivity contribution is 0.0990. The molecule has 4 heterocycles. The number of pyridine rings is 1. The zero-order valence-corrected chi connectivity index (χ0v) is 16.5. The van der Waals surface area contributed by atoms with Crippen LogP contribution in [0.25, 0.3) is 0 Å². The maximum Gasteiger partial charge on any atom is 0.233 e. The van der Waals surface area contributed by atoms with Crippen LogP contribution in [-0.4, -0.2) is 53.9 Å². The van der Waals surface area contributed by atoms with E-state index < -0.39 is 0 Å². The Morgan fingerprint density at radius 3 is 2.86 bits per heavy atom. The first kappa shape index (κ1) is 18.8. The Balaban J connectivity index is 1.67. The van der Waals surface area contributed by atoms with Crippen molar-refractivity contribution in [2.75, 3.05) is 31.8 Å². The molecule has 0 unspecified atom stereocenters. The van der Waals surface area contributed by atoms with E-state index in [1.165, 1.54) is 0 Å². The van der Waals surface area contributed by atoms with Gasteiger partial charge in [0.15, 0.2) is 5.78 Å². The minimum atomic E-state index is 0.0492. The average molecular weight is 382 g/mol. The van der Waals surface area contributed by atoms with Gasteiger partial charge in [0.1, 0.15) is 5.82 Å². The number of anilines is 1. The van der Waals surface area contributed by atoms with E-state index in [4.69, 9.17) is 14.5 Å². The van der Waals surface area contributed by atoms with Gasteiger partial charge in [0.05, 0.1) is 32.4 Å². The second-order valence-electron chi connectivity index (χ2n) is 7.42. The summed E-state index contributed by atoms with van der Waals surface area (Å²) < 4.78 is 10.7. The van der Waals surface area contributed by atoms with E-state index in [1.807, 2.05) is 6.07 Å². The number of hydrogen-bond acceptors (Lipinski definition) is 7. The summed E-state index contributed by atoms with van der Waals surface area (Å²) in [4.78, 5) is 20.5. The lowest BCUT2D eigenvalue weighted by Crippen LogP contribution is -2.28. The summed E-state index contributed by atoms with van der Waals surface area (Å²) in [5.74, 6) is 1.40. The molecule has 0 radical (unpaired) electrons. The van der Waals surface area contributed by atoms with Crippen LogP contribution < -0.4 is 9.64 Å². The quantitative estimate of drug-likeness (QED) is 0.735. The van der Waals surface area contributed by atoms with Crippen molar-refractivity contribution in [3.63, 3.8) is 0 Å². The molecule has 0 saturated carbocycles. The van der Waals surface area contributed by atoms with Gasteiger partial charge in [0.25, 0.3) is 0 Å². The van der Waals surface area contributed by atoms with Crippen molar-refractivity contribution in [1.29, 1.82) is 0 Å². The highest BCUT2D eigenvalue weighted by atomic mass is 16.5. The molecule has 7 heteroatoms. The van der Waals surface area contributed by atoms with E-state index >= 15 is 0 Å². The van der Waals surface area contributed by atoms with Gasteiger partial charge in [0, 0.05) is 36.3 Å². The second kappa shape index (κ2) is 8.22. The summed E-state index contributed by atoms with van der Waals surface area (Å²) in [5.41, 5.74) is 3.41. The third-order valence-electron chi connectivity index (χ3n) is 5.57. The number of Topliss-reactive ketones (excluding diaryl/α,β-unsaturated/α-hetero) is 1. The molecule has 0 N–H and O–H groups in total. The van der Waals surface area contributed by atoms with Crippen molar-refractivity contribution >= 4 is 11.6 Å². The SMILES string of the molecule is COc1ccc(CC(=O)c2cc(N3CCC[C@H]3C)nc3c2CCOCC3)nn1. The van der Waals surface area contributed by atoms with Crippen LogP contribution in [0, 0.1) is 0 Å². The number of fused-ring (bicyclic) bond motifs is 1. The van der Waals surface area contributed by atoms with Gasteiger partial charge in [-0.15, -0.1) is 5.10 Å². The fraction of sp³-hybridized carbons (Fsp3) is 0.524. The van der Waals surface area contributed by atoms with Gasteiger partial charge in [-0.1, -0.05) is 0 Å². The van der Waals surface area contributed by atoms with E-state index in [9.17, 15) is 4.79 Å². The predicted molar refractivity (Wildman–Crippen MR) is 105 cm³/mol. The fourth-order valence-electron chi connectivity index (χ4n) is 4.02. The van der Waals surface area contributed by atoms with E-state index in [1.54, 1.807) is 19.2 Å². The first-order valence-electron chi connectivity index (χ1n) is 9.92. The first-order valence-corrected chi connectivity index (χ1v) is 9.92. The van der Waals surface area contributed by atoms with Crippen molar-refractivity contribution in [3.8, 4) is 5.88 Å². The van der Waals surface area contributed by atoms with Crippen molar-refractivity contribution in [3.05, 3.63) is 40.7 Å². The highest BCUT2D eigenvalue weighted by Gasteiger charge is 2.26. The van der Waals surface area contributed by atoms with Gasteiger partial charge < -0.3 is 14.4 Å². The molecule has 0 amide bonds. The lowest BCUT2D eigenvalue weighted by atomic mass is 9.96. The Kier molecular flexibility index (Phi) is 5.52. The number of rotatable bonds is 5. The van der Waals surface area contributed by atoms with E-state index in [0.717, 1.165) is 48.4 Å². The molecule has 0 bridgehead atoms. The molecular formula is C21H26N4O3. The van der Waals surface area contributed by atoms with Crippen molar-refractivity contribution in [2.45, 2.75) is 45.1 Å². The molecule has 2 aromatic rings. The number of nitrogens with zero attached hydrogens (tertiary/aromatic N) is 4. The highest BCUT2D eigenvalue weighted by Crippen LogP contribution is 2.29. The van der Waals surface area contributed by atoms with Crippen LogP contribution >= 0.6 is 0 Å². The highest BCUT2D eigenvalue weighted by molar-refractivity contribution is 5.99. The average Bonchev–Trinajstić information content (AvgIpc) is 3.00. The molecule has 0 spiro atoms. The Morgan fingerprint density at radius 2 is 2.14 bits per heavy atom. The van der Waals surface area contributed by atoms with Gasteiger partial charge in [-0.2, -0.15) is 5.10 Å². The molecule has 28 heavy (non-hydrogen) atoms. The van der Waals surface area contributed by atoms with Crippen molar-refractivity contribution < 1.29 is 14.3 Å². The third kappa shape index (κ3) is 3.85. The standard InChI is InChI=1S/C21H26N4O3/c1-14-4-3-9-25(14)20-13-17(16-7-10-28-11-8-18(16)22-20)19(26)12-15-5-6-21(27-2)24-23-15/h5-6,13-14H,3-4,7-12H2,1-2H3/t14-/m1/s1. The van der Waals surface area contributed by atoms with E-state index in [-0.39, 0.29) is 12.2 Å². The molecule has 2 aliphatic heterocycles. The van der Waals surface area contributed by atoms with Crippen LogP contribution in [0.5, 0.6) is 5.88 Å². The Labute approximate surface area is 165 Å². The monoisotopic (exact) mass is 382 g/mol. The topological polar surface area (TPSA) is 77.4 Å². The minimum absolute atomic E-state index is 0.0492. The summed E-state index contributed by atoms with van der Waals surface area (Å²) in [6, 6.07) is 5.94. The number of hydrogen-bond donors (Lipinski definition) is 0. The lowest BCUT2D eigenvalue weighted by Gasteiger charge is -2.25. The number of aromatic nitrogens is 3. The summed E-state index contributed by atoms with van der Waals surface area (Å²) in [6.45, 7) is 4.48. The van der Waals surface area contributed by atoms with Crippen LogP contribution in [0.1, 0.15) is 47.1 Å². The summed E-state index contributed by atoms with van der Waals surface area (Å²) in [5, 5.41) is 8.08. The largest absolute Gasteiger partial charge is 0.480 e. The number of carbonyl (C=O) groups is 1. The fourth-order valence-corrected chi connectivity index (χ4v) is 4.02. The Morgan fingerprint density at radius 1 is 1.29 bits per heavy atom. The molecule has 1 saturated heterocycles. The van der Waals surface area contributed by atoms with Gasteiger partial charge in [-0.05, 0) is 43.9 Å². The molecule has 7 nitrogen and oxygen atoms in total. The normalized spacial score (nSPS) is 19.2. The Bertz CT molecular complexity index is 853. The van der Waals surface area contributed by atoms with Gasteiger partial charge in [-0.3, -0.25) is 4.79 Å². The van der Waals surface area contributed by atoms with E-state index in [2.05, 4.69) is 22.0 Å². The molecule has 1 fully saturated rings. The van der Waals surface area contributed by atoms with Crippen LogP contribution in [0.3, 0.4) is 0 Å². The zero-order valence-electron chi connectivity index (χ0n) is 16.5. The summed E-state index contributed by atoms with van der Waals surface area (Å²) >= 11 is 0. The van der Waals surface area contributed by atoms with Gasteiger partial charge in [0.2, 0.25) is 5.88 Å². The van der Waals surface area contributed by atoms with Crippen LogP contribution in [0.15, 0.2) is 18.2 Å². The second-order valence-corrected chi connectivity index (χ2v) is 7.42. The van der Waals surface area contributed by atoms with Crippen LogP contribution in [-0.2, 0) is 24.0 Å². The minimum Gasteiger partial charge on any atom is -0.480 e. The van der Waals surface area contributed by atoms with Crippen molar-refractivity contribution in [2.24, 2.45) is 0 Å². The molecule has 2 aliphatic rings. The molecule has 2 aromatic heterocycles. The van der Waals surface area contributed by atoms with Gasteiger partial charge in [-0.25, -0.2) is 4.98 Å². The number of ether oxygens (including phenoxy) is 2. The molecule has 4 rings (SSSR count). The van der Waals surface area contributed by atoms with Crippen molar-refractivity contribution in [1.82, 2.24) is 15.2 Å². The van der Waals surface area contributed by atoms with E-state index in [0.29, 0.717) is 37.3 Å². The third-order valence-corrected chi connectivity index (χ3v) is 5.57. The maximum atomic E-state index is 13.2. The molecule has 148 valence electrons. The van der Waals surface area contributed by atoms with Crippen LogP contribution in [0.4, 0.5) is 5.82 Å². The molecule has 1 atom stereocenters. The summed E-state index contributed by atoms with van der Waals surface area (Å²) in [6.07, 6.45) is 3.99. The zero-order chi connectivity index (χ0) is 19.5. The van der Waals surface area contributed by atoms with Crippen LogP contribution in [0.2, 0.25) is 0 Å². The Hall–Kier alpha value is -2.54. The maximum absolute atomic E-state index is 13.2. The predicted octanol–water partition coefficient (Wildman–Crippen LogP) is 2.41. The smallest absolute Gasteiger partial charge is 0.233 e. The van der Waals surface area contributed by atoms with Gasteiger partial charge >= 0.3 is 0 Å². The molecular weight excluding hydrogens is 356 g/mol. The number of carbonyl (C=O) groups excluding carboxylic acids is 1. The number of methoxy groups -OCH3 is 1. The first-order chi connectivity index (χ1) is 13.7. The summed E-state index contributed by atoms with van der Waals surface area (Å²) in [7, 11) is 1.55. The number of ketones is 1. The molecule has 0 aromatic carbocycles. The molecule has 0 aliphatic carbocycles.